The number of carbonyl (C=O) groups excluding carboxylic acids is 1. The van der Waals surface area contributed by atoms with Gasteiger partial charge in [-0.3, -0.25) is 18.8 Å². The van der Waals surface area contributed by atoms with Gasteiger partial charge in [0, 0.05) is 29.4 Å². The zero-order valence-corrected chi connectivity index (χ0v) is 14.0. The van der Waals surface area contributed by atoms with E-state index in [1.807, 2.05) is 0 Å². The van der Waals surface area contributed by atoms with Crippen LogP contribution in [0.2, 0.25) is 0 Å². The van der Waals surface area contributed by atoms with Crippen LogP contribution < -0.4 is 5.56 Å². The van der Waals surface area contributed by atoms with Gasteiger partial charge in [-0.25, -0.2) is 4.98 Å². The molecule has 2 heterocycles. The molecule has 132 valence electrons. The molecular weight excluding hydrogens is 336 g/mol. The molecule has 0 aliphatic carbocycles. The Kier molecular flexibility index (Phi) is 4.53. The van der Waals surface area contributed by atoms with E-state index in [1.54, 1.807) is 25.1 Å². The number of carboxylic acids is 1. The number of aromatic nitrogens is 2. The lowest BCUT2D eigenvalue weighted by Crippen LogP contribution is -2.23. The summed E-state index contributed by atoms with van der Waals surface area (Å²) in [5, 5.41) is 18.7. The van der Waals surface area contributed by atoms with Crippen LogP contribution in [-0.4, -0.2) is 31.4 Å². The largest absolute Gasteiger partial charge is 0.507 e. The van der Waals surface area contributed by atoms with Gasteiger partial charge in [0.05, 0.1) is 5.56 Å². The summed E-state index contributed by atoms with van der Waals surface area (Å²) in [5.41, 5.74) is 1.08. The van der Waals surface area contributed by atoms with Gasteiger partial charge in [-0.2, -0.15) is 0 Å². The fourth-order valence-corrected chi connectivity index (χ4v) is 2.76. The zero-order valence-electron chi connectivity index (χ0n) is 14.0. The summed E-state index contributed by atoms with van der Waals surface area (Å²) in [6.45, 7) is 1.65. The lowest BCUT2D eigenvalue weighted by molar-refractivity contribution is -0.136. The maximum Gasteiger partial charge on any atom is 0.303 e. The van der Waals surface area contributed by atoms with E-state index in [4.69, 9.17) is 5.11 Å². The van der Waals surface area contributed by atoms with Crippen molar-refractivity contribution in [2.75, 3.05) is 0 Å². The zero-order chi connectivity index (χ0) is 18.8. The summed E-state index contributed by atoms with van der Waals surface area (Å²) in [7, 11) is 0. The van der Waals surface area contributed by atoms with Crippen LogP contribution in [0.5, 0.6) is 5.75 Å². The first-order valence-corrected chi connectivity index (χ1v) is 7.95. The first kappa shape index (κ1) is 17.3. The van der Waals surface area contributed by atoms with E-state index in [2.05, 4.69) is 4.98 Å². The Morgan fingerprint density at radius 1 is 1.15 bits per heavy atom. The van der Waals surface area contributed by atoms with Crippen molar-refractivity contribution in [3.05, 3.63) is 75.3 Å². The molecule has 1 aromatic carbocycles. The number of phenolic OH excluding ortho intramolecular Hbond substituents is 1. The van der Waals surface area contributed by atoms with Crippen molar-refractivity contribution in [3.8, 4) is 5.75 Å². The van der Waals surface area contributed by atoms with Crippen molar-refractivity contribution >= 4 is 17.4 Å². The van der Waals surface area contributed by atoms with Crippen LogP contribution >= 0.6 is 0 Å². The van der Waals surface area contributed by atoms with Crippen molar-refractivity contribution in [1.29, 1.82) is 0 Å². The summed E-state index contributed by atoms with van der Waals surface area (Å²) in [6, 6.07) is 9.23. The van der Waals surface area contributed by atoms with E-state index in [0.29, 0.717) is 16.9 Å². The molecule has 0 saturated carbocycles. The van der Waals surface area contributed by atoms with Gasteiger partial charge in [0.2, 0.25) is 0 Å². The van der Waals surface area contributed by atoms with E-state index >= 15 is 0 Å². The van der Waals surface area contributed by atoms with Crippen LogP contribution in [0.3, 0.4) is 0 Å². The number of phenols is 1. The highest BCUT2D eigenvalue weighted by atomic mass is 16.4. The van der Waals surface area contributed by atoms with E-state index in [9.17, 15) is 19.5 Å². The lowest BCUT2D eigenvalue weighted by Gasteiger charge is -2.09. The number of aliphatic carboxylic acids is 1. The van der Waals surface area contributed by atoms with E-state index in [1.165, 1.54) is 28.8 Å². The number of carbonyl (C=O) groups is 2. The molecule has 2 aromatic heterocycles. The topological polar surface area (TPSA) is 109 Å². The Morgan fingerprint density at radius 2 is 1.88 bits per heavy atom. The SMILES string of the molecule is Cc1nc2ccc(C(=O)c3ccccc3O)cn2c(=O)c1CCC(=O)O. The van der Waals surface area contributed by atoms with Gasteiger partial charge in [0.1, 0.15) is 11.4 Å². The quantitative estimate of drug-likeness (QED) is 0.680. The van der Waals surface area contributed by atoms with Crippen molar-refractivity contribution in [2.24, 2.45) is 0 Å². The molecule has 3 rings (SSSR count). The van der Waals surface area contributed by atoms with Crippen LogP contribution in [0.25, 0.3) is 5.65 Å². The highest BCUT2D eigenvalue weighted by Crippen LogP contribution is 2.20. The molecule has 0 unspecified atom stereocenters. The van der Waals surface area contributed by atoms with Crippen molar-refractivity contribution in [3.63, 3.8) is 0 Å². The van der Waals surface area contributed by atoms with Crippen LogP contribution in [0.15, 0.2) is 47.4 Å². The van der Waals surface area contributed by atoms with Gasteiger partial charge in [0.15, 0.2) is 5.78 Å². The molecule has 0 radical (unpaired) electrons. The number of nitrogens with zero attached hydrogens (tertiary/aromatic N) is 2. The van der Waals surface area contributed by atoms with Crippen LogP contribution in [0.1, 0.15) is 33.6 Å². The number of hydrogen-bond donors (Lipinski definition) is 2. The summed E-state index contributed by atoms with van der Waals surface area (Å²) < 4.78 is 1.23. The second-order valence-corrected chi connectivity index (χ2v) is 5.87. The monoisotopic (exact) mass is 352 g/mol. The van der Waals surface area contributed by atoms with Gasteiger partial charge in [0.25, 0.3) is 5.56 Å². The molecule has 0 bridgehead atoms. The smallest absolute Gasteiger partial charge is 0.303 e. The van der Waals surface area contributed by atoms with Gasteiger partial charge in [-0.05, 0) is 37.6 Å². The van der Waals surface area contributed by atoms with Gasteiger partial charge in [-0.15, -0.1) is 0 Å². The molecular formula is C19H16N2O5. The molecule has 7 nitrogen and oxygen atoms in total. The number of fused-ring (bicyclic) bond motifs is 1. The average molecular weight is 352 g/mol. The Labute approximate surface area is 148 Å². The van der Waals surface area contributed by atoms with Crippen molar-refractivity contribution in [2.45, 2.75) is 19.8 Å². The number of ketones is 1. The third-order valence-electron chi connectivity index (χ3n) is 4.12. The lowest BCUT2D eigenvalue weighted by atomic mass is 10.0. The van der Waals surface area contributed by atoms with E-state index in [0.717, 1.165) is 0 Å². The molecule has 0 atom stereocenters. The third kappa shape index (κ3) is 3.19. The second-order valence-electron chi connectivity index (χ2n) is 5.87. The van der Waals surface area contributed by atoms with E-state index < -0.39 is 17.3 Å². The first-order valence-electron chi connectivity index (χ1n) is 7.95. The molecule has 0 spiro atoms. The maximum atomic E-state index is 12.7. The Balaban J connectivity index is 2.10. The Hall–Kier alpha value is -3.48. The predicted octanol–water partition coefficient (Wildman–Crippen LogP) is 1.96. The predicted molar refractivity (Wildman–Crippen MR) is 93.7 cm³/mol. The summed E-state index contributed by atoms with van der Waals surface area (Å²) >= 11 is 0. The Morgan fingerprint density at radius 3 is 2.58 bits per heavy atom. The molecule has 2 N–H and O–H groups in total. The minimum atomic E-state index is -1.00. The van der Waals surface area contributed by atoms with Gasteiger partial charge >= 0.3 is 5.97 Å². The molecule has 26 heavy (non-hydrogen) atoms. The number of benzene rings is 1. The molecule has 0 aliphatic heterocycles. The third-order valence-corrected chi connectivity index (χ3v) is 4.12. The summed E-state index contributed by atoms with van der Waals surface area (Å²) in [6.07, 6.45) is 1.25. The van der Waals surface area contributed by atoms with Gasteiger partial charge < -0.3 is 10.2 Å². The molecule has 0 amide bonds. The molecule has 3 aromatic rings. The van der Waals surface area contributed by atoms with Crippen LogP contribution in [0, 0.1) is 6.92 Å². The Bertz CT molecular complexity index is 1080. The summed E-state index contributed by atoms with van der Waals surface area (Å²) in [4.78, 5) is 40.4. The van der Waals surface area contributed by atoms with Crippen molar-refractivity contribution < 1.29 is 19.8 Å². The number of aryl methyl sites for hydroxylation is 1. The number of pyridine rings is 1. The van der Waals surface area contributed by atoms with Gasteiger partial charge in [-0.1, -0.05) is 12.1 Å². The molecule has 7 heteroatoms. The summed E-state index contributed by atoms with van der Waals surface area (Å²) in [5.74, 6) is -1.57. The molecule has 0 fully saturated rings. The van der Waals surface area contributed by atoms with E-state index in [-0.39, 0.29) is 29.7 Å². The maximum absolute atomic E-state index is 12.7. The number of hydrogen-bond acceptors (Lipinski definition) is 5. The normalized spacial score (nSPS) is 10.8. The second kappa shape index (κ2) is 6.79. The fraction of sp³-hybridized carbons (Fsp3) is 0.158. The molecule has 0 aliphatic rings. The number of para-hydroxylation sites is 1. The highest BCUT2D eigenvalue weighted by molar-refractivity contribution is 6.10. The molecule has 0 saturated heterocycles. The van der Waals surface area contributed by atoms with Crippen molar-refractivity contribution in [1.82, 2.24) is 9.38 Å². The number of aromatic hydroxyl groups is 1. The van der Waals surface area contributed by atoms with Crippen LogP contribution in [0.4, 0.5) is 0 Å². The minimum absolute atomic E-state index is 0.0631. The number of rotatable bonds is 5. The number of carboxylic acid groups (broad SMARTS) is 1. The fourth-order valence-electron chi connectivity index (χ4n) is 2.76. The van der Waals surface area contributed by atoms with Crippen LogP contribution in [-0.2, 0) is 11.2 Å². The standard InChI is InChI=1S/C19H16N2O5/c1-11-13(7-9-17(23)24)19(26)21-10-12(6-8-16(21)20-11)18(25)14-4-2-3-5-15(14)22/h2-6,8,10,22H,7,9H2,1H3,(H,23,24). The highest BCUT2D eigenvalue weighted by Gasteiger charge is 2.16. The minimum Gasteiger partial charge on any atom is -0.507 e. The first-order chi connectivity index (χ1) is 12.4. The average Bonchev–Trinajstić information content (AvgIpc) is 2.61.